The molecule has 0 fully saturated rings. The Morgan fingerprint density at radius 2 is 0.811 bits per heavy atom. The topological polar surface area (TPSA) is 26.3 Å². The molecular formula is C35H70O2. The SMILES string of the molecule is CCCCCCCCCCCCCCCCCCCCCC(=O)OC(C)C(CCC(C)C)CCC(C)C. The molecule has 0 saturated heterocycles. The van der Waals surface area contributed by atoms with E-state index in [0.717, 1.165) is 6.42 Å². The van der Waals surface area contributed by atoms with E-state index >= 15 is 0 Å². The number of rotatable bonds is 28. The summed E-state index contributed by atoms with van der Waals surface area (Å²) in [6.45, 7) is 13.6. The Morgan fingerprint density at radius 1 is 0.486 bits per heavy atom. The van der Waals surface area contributed by atoms with E-state index < -0.39 is 0 Å². The van der Waals surface area contributed by atoms with Crippen LogP contribution in [0.15, 0.2) is 0 Å². The van der Waals surface area contributed by atoms with Crippen LogP contribution in [0.5, 0.6) is 0 Å². The van der Waals surface area contributed by atoms with Crippen molar-refractivity contribution in [2.45, 2.75) is 202 Å². The van der Waals surface area contributed by atoms with Gasteiger partial charge in [-0.1, -0.05) is 163 Å². The number of ether oxygens (including phenoxy) is 1. The molecule has 2 heteroatoms. The Morgan fingerprint density at radius 3 is 1.14 bits per heavy atom. The zero-order chi connectivity index (χ0) is 27.6. The monoisotopic (exact) mass is 523 g/mol. The van der Waals surface area contributed by atoms with Gasteiger partial charge in [-0.05, 0) is 43.9 Å². The van der Waals surface area contributed by atoms with Crippen molar-refractivity contribution in [3.63, 3.8) is 0 Å². The summed E-state index contributed by atoms with van der Waals surface area (Å²) in [5.74, 6) is 1.97. The molecule has 0 aliphatic carbocycles. The van der Waals surface area contributed by atoms with Crippen LogP contribution >= 0.6 is 0 Å². The van der Waals surface area contributed by atoms with Gasteiger partial charge >= 0.3 is 5.97 Å². The summed E-state index contributed by atoms with van der Waals surface area (Å²) in [7, 11) is 0. The third-order valence-corrected chi connectivity index (χ3v) is 8.20. The van der Waals surface area contributed by atoms with Gasteiger partial charge in [-0.15, -0.1) is 0 Å². The predicted octanol–water partition coefficient (Wildman–Crippen LogP) is 12.2. The largest absolute Gasteiger partial charge is 0.462 e. The van der Waals surface area contributed by atoms with Crippen LogP contribution < -0.4 is 0 Å². The van der Waals surface area contributed by atoms with Crippen molar-refractivity contribution in [3.8, 4) is 0 Å². The Bertz CT molecular complexity index is 458. The summed E-state index contributed by atoms with van der Waals surface area (Å²) in [5.41, 5.74) is 0. The van der Waals surface area contributed by atoms with Crippen LogP contribution in [0.1, 0.15) is 196 Å². The molecule has 2 nitrogen and oxygen atoms in total. The first kappa shape index (κ1) is 36.5. The van der Waals surface area contributed by atoms with Gasteiger partial charge in [-0.25, -0.2) is 0 Å². The van der Waals surface area contributed by atoms with E-state index in [4.69, 9.17) is 4.74 Å². The fourth-order valence-electron chi connectivity index (χ4n) is 5.42. The maximum absolute atomic E-state index is 12.4. The Balaban J connectivity index is 3.57. The molecule has 1 unspecified atom stereocenters. The highest BCUT2D eigenvalue weighted by atomic mass is 16.5. The molecule has 0 radical (unpaired) electrons. The lowest BCUT2D eigenvalue weighted by molar-refractivity contribution is -0.151. The summed E-state index contributed by atoms with van der Waals surface area (Å²) in [4.78, 5) is 12.4. The quantitative estimate of drug-likeness (QED) is 0.0754. The third kappa shape index (κ3) is 26.8. The van der Waals surface area contributed by atoms with Crippen molar-refractivity contribution < 1.29 is 9.53 Å². The van der Waals surface area contributed by atoms with Crippen molar-refractivity contribution >= 4 is 5.97 Å². The fraction of sp³-hybridized carbons (Fsp3) is 0.971. The van der Waals surface area contributed by atoms with E-state index in [2.05, 4.69) is 41.5 Å². The summed E-state index contributed by atoms with van der Waals surface area (Å²) < 4.78 is 5.88. The van der Waals surface area contributed by atoms with E-state index in [0.29, 0.717) is 24.2 Å². The van der Waals surface area contributed by atoms with Gasteiger partial charge in [0, 0.05) is 6.42 Å². The highest BCUT2D eigenvalue weighted by Gasteiger charge is 2.21. The zero-order valence-electron chi connectivity index (χ0n) is 26.6. The van der Waals surface area contributed by atoms with Crippen molar-refractivity contribution in [1.29, 1.82) is 0 Å². The molecule has 0 bridgehead atoms. The number of hydrogen-bond donors (Lipinski definition) is 0. The number of hydrogen-bond acceptors (Lipinski definition) is 2. The maximum Gasteiger partial charge on any atom is 0.306 e. The van der Waals surface area contributed by atoms with Crippen LogP contribution in [-0.2, 0) is 9.53 Å². The molecule has 37 heavy (non-hydrogen) atoms. The van der Waals surface area contributed by atoms with Crippen LogP contribution in [-0.4, -0.2) is 12.1 Å². The van der Waals surface area contributed by atoms with Crippen LogP contribution in [0.2, 0.25) is 0 Å². The lowest BCUT2D eigenvalue weighted by Gasteiger charge is -2.25. The Kier molecular flexibility index (Phi) is 26.7. The molecule has 1 atom stereocenters. The molecule has 0 aliphatic heterocycles. The second kappa shape index (κ2) is 27.1. The number of unbranched alkanes of at least 4 members (excludes halogenated alkanes) is 18. The first-order valence-electron chi connectivity index (χ1n) is 17.1. The Hall–Kier alpha value is -0.530. The van der Waals surface area contributed by atoms with Crippen molar-refractivity contribution in [2.24, 2.45) is 17.8 Å². The molecule has 0 heterocycles. The van der Waals surface area contributed by atoms with Gasteiger partial charge in [0.1, 0.15) is 6.10 Å². The first-order chi connectivity index (χ1) is 17.9. The van der Waals surface area contributed by atoms with Crippen LogP contribution in [0, 0.1) is 17.8 Å². The predicted molar refractivity (Wildman–Crippen MR) is 165 cm³/mol. The number of carbonyl (C=O) groups excluding carboxylic acids is 1. The van der Waals surface area contributed by atoms with E-state index in [1.807, 2.05) is 0 Å². The fourth-order valence-corrected chi connectivity index (χ4v) is 5.42. The maximum atomic E-state index is 12.4. The molecule has 0 aromatic heterocycles. The summed E-state index contributed by atoms with van der Waals surface area (Å²) in [6, 6.07) is 0. The lowest BCUT2D eigenvalue weighted by Crippen LogP contribution is -2.25. The van der Waals surface area contributed by atoms with Gasteiger partial charge in [0.05, 0.1) is 0 Å². The normalized spacial score (nSPS) is 12.7. The molecule has 0 aromatic rings. The second-order valence-corrected chi connectivity index (χ2v) is 13.0. The summed E-state index contributed by atoms with van der Waals surface area (Å²) in [5, 5.41) is 0. The van der Waals surface area contributed by atoms with Crippen LogP contribution in [0.3, 0.4) is 0 Å². The van der Waals surface area contributed by atoms with Crippen LogP contribution in [0.4, 0.5) is 0 Å². The van der Waals surface area contributed by atoms with Gasteiger partial charge in [0.15, 0.2) is 0 Å². The van der Waals surface area contributed by atoms with E-state index in [9.17, 15) is 4.79 Å². The molecule has 0 aliphatic rings. The van der Waals surface area contributed by atoms with Crippen molar-refractivity contribution in [3.05, 3.63) is 0 Å². The average Bonchev–Trinajstić information content (AvgIpc) is 2.85. The molecular weight excluding hydrogens is 452 g/mol. The molecule has 0 aromatic carbocycles. The van der Waals surface area contributed by atoms with E-state index in [1.54, 1.807) is 0 Å². The minimum Gasteiger partial charge on any atom is -0.462 e. The van der Waals surface area contributed by atoms with Gasteiger partial charge in [0.25, 0.3) is 0 Å². The highest BCUT2D eigenvalue weighted by molar-refractivity contribution is 5.69. The minimum atomic E-state index is 0.0265. The average molecular weight is 523 g/mol. The molecule has 0 amide bonds. The Labute approximate surface area is 234 Å². The third-order valence-electron chi connectivity index (χ3n) is 8.20. The van der Waals surface area contributed by atoms with Gasteiger partial charge in [0.2, 0.25) is 0 Å². The van der Waals surface area contributed by atoms with Gasteiger partial charge in [-0.2, -0.15) is 0 Å². The molecule has 0 spiro atoms. The van der Waals surface area contributed by atoms with Gasteiger partial charge in [-0.3, -0.25) is 4.79 Å². The molecule has 0 N–H and O–H groups in total. The minimum absolute atomic E-state index is 0.0265. The van der Waals surface area contributed by atoms with Gasteiger partial charge < -0.3 is 4.74 Å². The van der Waals surface area contributed by atoms with Crippen molar-refractivity contribution in [2.75, 3.05) is 0 Å². The number of carbonyl (C=O) groups is 1. The molecule has 0 saturated carbocycles. The summed E-state index contributed by atoms with van der Waals surface area (Å²) in [6.07, 6.45) is 31.7. The standard InChI is InChI=1S/C35H70O2/c1-7-8-9-10-11-12-13-14-15-16-17-18-19-20-21-22-23-24-25-26-35(36)37-33(6)34(29-27-31(2)3)30-28-32(4)5/h31-34H,7-30H2,1-6H3. The molecule has 222 valence electrons. The lowest BCUT2D eigenvalue weighted by atomic mass is 9.88. The smallest absolute Gasteiger partial charge is 0.306 e. The number of esters is 1. The van der Waals surface area contributed by atoms with Crippen molar-refractivity contribution in [1.82, 2.24) is 0 Å². The summed E-state index contributed by atoms with van der Waals surface area (Å²) >= 11 is 0. The van der Waals surface area contributed by atoms with E-state index in [1.165, 1.54) is 141 Å². The second-order valence-electron chi connectivity index (χ2n) is 13.0. The highest BCUT2D eigenvalue weighted by Crippen LogP contribution is 2.25. The zero-order valence-corrected chi connectivity index (χ0v) is 26.6. The first-order valence-corrected chi connectivity index (χ1v) is 17.1. The van der Waals surface area contributed by atoms with E-state index in [-0.39, 0.29) is 12.1 Å². The van der Waals surface area contributed by atoms with Crippen LogP contribution in [0.25, 0.3) is 0 Å². The molecule has 0 rings (SSSR count).